The fourth-order valence-corrected chi connectivity index (χ4v) is 5.13. The molecule has 2 N–H and O–H groups in total. The van der Waals surface area contributed by atoms with E-state index in [1.54, 1.807) is 19.1 Å². The Labute approximate surface area is 172 Å². The van der Waals surface area contributed by atoms with Crippen molar-refractivity contribution in [3.63, 3.8) is 0 Å². The van der Waals surface area contributed by atoms with Gasteiger partial charge >= 0.3 is 0 Å². The summed E-state index contributed by atoms with van der Waals surface area (Å²) in [7, 11) is 3.44. The Bertz CT molecular complexity index is 768. The van der Waals surface area contributed by atoms with E-state index in [1.165, 1.54) is 43.7 Å². The molecule has 8 heteroatoms. The minimum atomic E-state index is 0.0585. The lowest BCUT2D eigenvalue weighted by molar-refractivity contribution is -1.03. The Kier molecular flexibility index (Phi) is 6.74. The maximum absolute atomic E-state index is 5.72. The summed E-state index contributed by atoms with van der Waals surface area (Å²) in [6.07, 6.45) is 5.61. The van der Waals surface area contributed by atoms with Crippen LogP contribution in [0.3, 0.4) is 0 Å². The van der Waals surface area contributed by atoms with E-state index in [2.05, 4.69) is 27.7 Å². The van der Waals surface area contributed by atoms with Gasteiger partial charge in [0.25, 0.3) is 0 Å². The standard InChI is InChI=1S/C21H32N6O2/c1-28-16-15-27-21(22-23-24-27)20(18-9-5-6-10-19(18)29-2)26-13-11-25(12-14-26)17-7-3-4-8-17/h5-6,9-10,17,20H,3-4,7-8,11-16H2,1-2H3/p+2/t20-/m0/s1. The summed E-state index contributed by atoms with van der Waals surface area (Å²) in [6, 6.07) is 9.21. The molecule has 1 aliphatic heterocycles. The molecule has 2 aromatic rings. The third kappa shape index (κ3) is 4.44. The van der Waals surface area contributed by atoms with Crippen LogP contribution in [0.5, 0.6) is 5.75 Å². The number of aromatic nitrogens is 4. The molecule has 2 aliphatic rings. The van der Waals surface area contributed by atoms with Crippen LogP contribution in [0.2, 0.25) is 0 Å². The molecular formula is C21H34N6O2+2. The van der Waals surface area contributed by atoms with Crippen LogP contribution in [0.1, 0.15) is 43.1 Å². The summed E-state index contributed by atoms with van der Waals surface area (Å²) < 4.78 is 12.9. The number of ether oxygens (including phenoxy) is 2. The van der Waals surface area contributed by atoms with E-state index in [9.17, 15) is 0 Å². The van der Waals surface area contributed by atoms with Crippen molar-refractivity contribution in [2.24, 2.45) is 0 Å². The third-order valence-corrected chi connectivity index (χ3v) is 6.65. The Morgan fingerprint density at radius 3 is 2.59 bits per heavy atom. The summed E-state index contributed by atoms with van der Waals surface area (Å²) >= 11 is 0. The molecule has 4 rings (SSSR count). The monoisotopic (exact) mass is 402 g/mol. The van der Waals surface area contributed by atoms with E-state index in [0.717, 1.165) is 36.3 Å². The number of hydrogen-bond donors (Lipinski definition) is 2. The topological polar surface area (TPSA) is 70.9 Å². The molecule has 0 unspecified atom stereocenters. The highest BCUT2D eigenvalue weighted by Gasteiger charge is 2.39. The summed E-state index contributed by atoms with van der Waals surface area (Å²) in [5.74, 6) is 1.79. The summed E-state index contributed by atoms with van der Waals surface area (Å²) in [4.78, 5) is 3.31. The molecule has 0 radical (unpaired) electrons. The number of nitrogens with one attached hydrogen (secondary N) is 2. The molecule has 1 atom stereocenters. The number of quaternary nitrogens is 2. The Morgan fingerprint density at radius 1 is 1.10 bits per heavy atom. The first-order valence-corrected chi connectivity index (χ1v) is 10.9. The average molecular weight is 403 g/mol. The van der Waals surface area contributed by atoms with Gasteiger partial charge in [0.05, 0.1) is 31.9 Å². The van der Waals surface area contributed by atoms with Crippen LogP contribution in [0.15, 0.2) is 24.3 Å². The van der Waals surface area contributed by atoms with Gasteiger partial charge in [0, 0.05) is 7.11 Å². The quantitative estimate of drug-likeness (QED) is 0.602. The smallest absolute Gasteiger partial charge is 0.214 e. The van der Waals surface area contributed by atoms with Crippen molar-refractivity contribution >= 4 is 0 Å². The first-order chi connectivity index (χ1) is 14.3. The van der Waals surface area contributed by atoms with E-state index in [4.69, 9.17) is 9.47 Å². The van der Waals surface area contributed by atoms with Crippen LogP contribution < -0.4 is 14.5 Å². The van der Waals surface area contributed by atoms with Crippen molar-refractivity contribution in [2.45, 2.75) is 44.3 Å². The van der Waals surface area contributed by atoms with Gasteiger partial charge in [-0.1, -0.05) is 12.1 Å². The lowest BCUT2D eigenvalue weighted by Gasteiger charge is -2.36. The molecule has 158 valence electrons. The van der Waals surface area contributed by atoms with Gasteiger partial charge in [-0.05, 0) is 48.2 Å². The molecule has 0 spiro atoms. The van der Waals surface area contributed by atoms with Crippen molar-refractivity contribution in [1.82, 2.24) is 20.2 Å². The van der Waals surface area contributed by atoms with Crippen LogP contribution in [0, 0.1) is 0 Å². The molecule has 1 saturated carbocycles. The molecule has 1 saturated heterocycles. The highest BCUT2D eigenvalue weighted by atomic mass is 16.5. The molecule has 1 aliphatic carbocycles. The number of hydrogen-bond acceptors (Lipinski definition) is 5. The number of piperazine rings is 1. The number of benzene rings is 1. The zero-order chi connectivity index (χ0) is 20.1. The molecule has 8 nitrogen and oxygen atoms in total. The second-order valence-electron chi connectivity index (χ2n) is 8.23. The van der Waals surface area contributed by atoms with Gasteiger partial charge < -0.3 is 19.3 Å². The van der Waals surface area contributed by atoms with E-state index < -0.39 is 0 Å². The lowest BCUT2D eigenvalue weighted by Crippen LogP contribution is -3.29. The summed E-state index contributed by atoms with van der Waals surface area (Å²) in [5, 5.41) is 12.7. The summed E-state index contributed by atoms with van der Waals surface area (Å²) in [5.41, 5.74) is 1.16. The number of methoxy groups -OCH3 is 2. The first kappa shape index (κ1) is 20.3. The van der Waals surface area contributed by atoms with Gasteiger partial charge in [0.2, 0.25) is 5.82 Å². The molecule has 2 heterocycles. The second kappa shape index (κ2) is 9.65. The van der Waals surface area contributed by atoms with E-state index in [-0.39, 0.29) is 6.04 Å². The van der Waals surface area contributed by atoms with E-state index in [0.29, 0.717) is 13.2 Å². The van der Waals surface area contributed by atoms with Gasteiger partial charge in [0.1, 0.15) is 31.9 Å². The fraction of sp³-hybridized carbons (Fsp3) is 0.667. The van der Waals surface area contributed by atoms with Crippen molar-refractivity contribution in [2.75, 3.05) is 47.0 Å². The molecule has 2 fully saturated rings. The van der Waals surface area contributed by atoms with E-state index >= 15 is 0 Å². The highest BCUT2D eigenvalue weighted by molar-refractivity contribution is 5.37. The zero-order valence-electron chi connectivity index (χ0n) is 17.6. The van der Waals surface area contributed by atoms with Gasteiger partial charge in [-0.15, -0.1) is 5.10 Å². The molecule has 1 aromatic heterocycles. The van der Waals surface area contributed by atoms with Gasteiger partial charge in [-0.2, -0.15) is 0 Å². The van der Waals surface area contributed by atoms with Crippen LogP contribution in [-0.2, 0) is 11.3 Å². The Morgan fingerprint density at radius 2 is 1.86 bits per heavy atom. The zero-order valence-corrected chi connectivity index (χ0v) is 17.6. The average Bonchev–Trinajstić information content (AvgIpc) is 3.46. The van der Waals surface area contributed by atoms with Crippen LogP contribution in [0.25, 0.3) is 0 Å². The molecular weight excluding hydrogens is 368 g/mol. The SMILES string of the molecule is COCCn1nnnc1[C@H](c1ccccc1OC)[NH+]1CC[NH+](C2CCCC2)CC1. The normalized spacial score (nSPS) is 23.9. The predicted octanol–water partition coefficient (Wildman–Crippen LogP) is -0.856. The second-order valence-corrected chi connectivity index (χ2v) is 8.23. The lowest BCUT2D eigenvalue weighted by atomic mass is 10.0. The number of rotatable bonds is 8. The summed E-state index contributed by atoms with van der Waals surface area (Å²) in [6.45, 7) is 5.90. The maximum atomic E-state index is 5.72. The Balaban J connectivity index is 1.60. The van der Waals surface area contributed by atoms with Gasteiger partial charge in [0.15, 0.2) is 6.04 Å². The molecule has 1 aromatic carbocycles. The van der Waals surface area contributed by atoms with Crippen LogP contribution in [-0.4, -0.2) is 73.3 Å². The molecule has 0 bridgehead atoms. The number of para-hydroxylation sites is 1. The van der Waals surface area contributed by atoms with Crippen molar-refractivity contribution in [1.29, 1.82) is 0 Å². The number of nitrogens with zero attached hydrogens (tertiary/aromatic N) is 4. The van der Waals surface area contributed by atoms with Crippen molar-refractivity contribution < 1.29 is 19.3 Å². The molecule has 29 heavy (non-hydrogen) atoms. The minimum Gasteiger partial charge on any atom is -0.496 e. The first-order valence-electron chi connectivity index (χ1n) is 10.9. The third-order valence-electron chi connectivity index (χ3n) is 6.65. The van der Waals surface area contributed by atoms with E-state index in [1.807, 2.05) is 16.8 Å². The van der Waals surface area contributed by atoms with Crippen molar-refractivity contribution in [3.8, 4) is 5.75 Å². The van der Waals surface area contributed by atoms with Crippen molar-refractivity contribution in [3.05, 3.63) is 35.7 Å². The fourth-order valence-electron chi connectivity index (χ4n) is 5.13. The molecule has 0 amide bonds. The van der Waals surface area contributed by atoms with Crippen LogP contribution >= 0.6 is 0 Å². The van der Waals surface area contributed by atoms with Gasteiger partial charge in [-0.3, -0.25) is 0 Å². The predicted molar refractivity (Wildman–Crippen MR) is 108 cm³/mol. The Hall–Kier alpha value is -2.03. The maximum Gasteiger partial charge on any atom is 0.214 e. The highest BCUT2D eigenvalue weighted by Crippen LogP contribution is 2.26. The largest absolute Gasteiger partial charge is 0.496 e. The van der Waals surface area contributed by atoms with Crippen LogP contribution in [0.4, 0.5) is 0 Å². The minimum absolute atomic E-state index is 0.0585. The van der Waals surface area contributed by atoms with Gasteiger partial charge in [-0.25, -0.2) is 4.68 Å². The number of tetrazole rings is 1.